The van der Waals surface area contributed by atoms with Gasteiger partial charge >= 0.3 is 6.30 Å². The Kier molecular flexibility index (Phi) is 2.81. The van der Waals surface area contributed by atoms with Crippen LogP contribution in [-0.2, 0) is 6.30 Å². The summed E-state index contributed by atoms with van der Waals surface area (Å²) in [6.07, 6.45) is -3.57. The normalized spacial score (nSPS) is 11.4. The molecule has 0 atom stereocenters. The number of anilines is 1. The van der Waals surface area contributed by atoms with Crippen molar-refractivity contribution in [2.45, 2.75) is 6.30 Å². The lowest BCUT2D eigenvalue weighted by molar-refractivity contribution is -0.211. The number of hydrogen-bond acceptors (Lipinski definition) is 2. The third kappa shape index (κ3) is 2.15. The van der Waals surface area contributed by atoms with E-state index in [4.69, 9.17) is 5.73 Å². The fourth-order valence-corrected chi connectivity index (χ4v) is 1.17. The molecule has 0 aliphatic heterocycles. The van der Waals surface area contributed by atoms with Crippen LogP contribution in [0.15, 0.2) is 24.4 Å². The van der Waals surface area contributed by atoms with Gasteiger partial charge in [-0.2, -0.15) is 9.78 Å². The number of nitrogens with two attached hydrogens (primary N) is 1. The summed E-state index contributed by atoms with van der Waals surface area (Å²) in [6.45, 7) is 0. The summed E-state index contributed by atoms with van der Waals surface area (Å²) in [6, 6.07) is 4.41. The predicted octanol–water partition coefficient (Wildman–Crippen LogP) is 2.52. The van der Waals surface area contributed by atoms with Crippen molar-refractivity contribution in [2.24, 2.45) is 0 Å². The van der Waals surface area contributed by atoms with Crippen molar-refractivity contribution in [1.82, 2.24) is 9.78 Å². The monoisotopic (exact) mass is 237 g/mol. The molecular formula is C8H7ClF3N3. The van der Waals surface area contributed by atoms with Gasteiger partial charge in [0.25, 0.3) is 0 Å². The molecular weight excluding hydrogens is 231 g/mol. The first-order chi connectivity index (χ1) is 6.47. The molecule has 0 aliphatic carbocycles. The number of alkyl halides is 3. The van der Waals surface area contributed by atoms with Gasteiger partial charge in [0.15, 0.2) is 0 Å². The second kappa shape index (κ2) is 3.62. The maximum Gasteiger partial charge on any atom is 0.504 e. The largest absolute Gasteiger partial charge is 0.504 e. The molecule has 0 spiro atoms. The molecule has 1 heterocycles. The Hall–Kier alpha value is -1.43. The van der Waals surface area contributed by atoms with Crippen molar-refractivity contribution < 1.29 is 13.2 Å². The van der Waals surface area contributed by atoms with Gasteiger partial charge in [0.05, 0.1) is 5.52 Å². The Labute approximate surface area is 89.1 Å². The molecule has 0 unspecified atom stereocenters. The second-order valence-corrected chi connectivity index (χ2v) is 2.86. The van der Waals surface area contributed by atoms with Crippen LogP contribution in [0.1, 0.15) is 0 Å². The SMILES string of the molecule is Cl.Nc1ccc2nn(C(F)(F)F)cc2c1. The molecule has 2 aromatic rings. The molecule has 2 N–H and O–H groups in total. The lowest BCUT2D eigenvalue weighted by atomic mass is 10.2. The zero-order valence-corrected chi connectivity index (χ0v) is 8.14. The van der Waals surface area contributed by atoms with E-state index < -0.39 is 6.30 Å². The minimum Gasteiger partial charge on any atom is -0.399 e. The molecule has 0 radical (unpaired) electrons. The van der Waals surface area contributed by atoms with E-state index in [1.807, 2.05) is 0 Å². The van der Waals surface area contributed by atoms with E-state index in [-0.39, 0.29) is 22.6 Å². The van der Waals surface area contributed by atoms with Crippen LogP contribution in [0.3, 0.4) is 0 Å². The molecule has 82 valence electrons. The second-order valence-electron chi connectivity index (χ2n) is 2.86. The smallest absolute Gasteiger partial charge is 0.399 e. The summed E-state index contributed by atoms with van der Waals surface area (Å²) in [4.78, 5) is 0. The van der Waals surface area contributed by atoms with Crippen LogP contribution in [0.5, 0.6) is 0 Å². The van der Waals surface area contributed by atoms with Crippen LogP contribution in [0, 0.1) is 0 Å². The molecule has 0 saturated heterocycles. The van der Waals surface area contributed by atoms with Crippen LogP contribution in [-0.4, -0.2) is 9.78 Å². The lowest BCUT2D eigenvalue weighted by Crippen LogP contribution is -2.16. The molecule has 3 nitrogen and oxygen atoms in total. The molecule has 1 aromatic carbocycles. The van der Waals surface area contributed by atoms with Crippen molar-refractivity contribution in [1.29, 1.82) is 0 Å². The highest BCUT2D eigenvalue weighted by Gasteiger charge is 2.31. The van der Waals surface area contributed by atoms with Crippen LogP contribution >= 0.6 is 12.4 Å². The van der Waals surface area contributed by atoms with Crippen LogP contribution in [0.4, 0.5) is 18.9 Å². The van der Waals surface area contributed by atoms with Gasteiger partial charge in [-0.3, -0.25) is 0 Å². The van der Waals surface area contributed by atoms with Gasteiger partial charge < -0.3 is 5.73 Å². The highest BCUT2D eigenvalue weighted by atomic mass is 35.5. The Bertz CT molecular complexity index is 477. The Morgan fingerprint density at radius 3 is 2.53 bits per heavy atom. The number of halogens is 4. The van der Waals surface area contributed by atoms with Crippen molar-refractivity contribution >= 4 is 29.0 Å². The Morgan fingerprint density at radius 1 is 1.27 bits per heavy atom. The summed E-state index contributed by atoms with van der Waals surface area (Å²) in [5.74, 6) is 0. The molecule has 0 fully saturated rings. The minimum absolute atomic E-state index is 0. The van der Waals surface area contributed by atoms with Gasteiger partial charge in [0.1, 0.15) is 0 Å². The molecule has 0 bridgehead atoms. The number of rotatable bonds is 0. The van der Waals surface area contributed by atoms with Gasteiger partial charge in [-0.05, 0) is 18.2 Å². The number of hydrogen-bond donors (Lipinski definition) is 1. The predicted molar refractivity (Wildman–Crippen MR) is 52.7 cm³/mol. The van der Waals surface area contributed by atoms with Crippen molar-refractivity contribution in [3.8, 4) is 0 Å². The van der Waals surface area contributed by atoms with Gasteiger partial charge in [-0.15, -0.1) is 25.6 Å². The standard InChI is InChI=1S/C8H6F3N3.ClH/c9-8(10,11)14-4-5-3-6(12)1-2-7(5)13-14;/h1-4H,12H2;1H. The fraction of sp³-hybridized carbons (Fsp3) is 0.125. The number of nitrogens with zero attached hydrogens (tertiary/aromatic N) is 2. The number of nitrogen functional groups attached to an aromatic ring is 1. The molecule has 15 heavy (non-hydrogen) atoms. The van der Waals surface area contributed by atoms with Gasteiger partial charge in [0.2, 0.25) is 0 Å². The van der Waals surface area contributed by atoms with Gasteiger partial charge in [0, 0.05) is 17.3 Å². The number of fused-ring (bicyclic) bond motifs is 1. The maximum absolute atomic E-state index is 12.2. The first kappa shape index (κ1) is 11.6. The highest BCUT2D eigenvalue weighted by molar-refractivity contribution is 5.85. The lowest BCUT2D eigenvalue weighted by Gasteiger charge is -2.03. The molecule has 0 aliphatic rings. The number of benzene rings is 1. The third-order valence-corrected chi connectivity index (χ3v) is 1.79. The molecule has 1 aromatic heterocycles. The van der Waals surface area contributed by atoms with E-state index in [1.165, 1.54) is 18.2 Å². The van der Waals surface area contributed by atoms with E-state index in [0.29, 0.717) is 11.1 Å². The Morgan fingerprint density at radius 2 is 1.93 bits per heavy atom. The van der Waals surface area contributed by atoms with E-state index in [0.717, 1.165) is 6.20 Å². The van der Waals surface area contributed by atoms with Gasteiger partial charge in [-0.25, -0.2) is 0 Å². The first-order valence-electron chi connectivity index (χ1n) is 3.79. The zero-order valence-electron chi connectivity index (χ0n) is 7.32. The van der Waals surface area contributed by atoms with E-state index in [1.54, 1.807) is 0 Å². The number of aromatic nitrogens is 2. The maximum atomic E-state index is 12.2. The molecule has 0 saturated carbocycles. The molecule has 7 heteroatoms. The van der Waals surface area contributed by atoms with Gasteiger partial charge in [-0.1, -0.05) is 0 Å². The minimum atomic E-state index is -4.48. The van der Waals surface area contributed by atoms with E-state index in [9.17, 15) is 13.2 Å². The van der Waals surface area contributed by atoms with Crippen LogP contribution < -0.4 is 5.73 Å². The quantitative estimate of drug-likeness (QED) is 0.716. The van der Waals surface area contributed by atoms with Crippen LogP contribution in [0.25, 0.3) is 10.9 Å². The average molecular weight is 238 g/mol. The Balaban J connectivity index is 0.00000112. The summed E-state index contributed by atoms with van der Waals surface area (Å²) in [5.41, 5.74) is 6.11. The topological polar surface area (TPSA) is 43.8 Å². The summed E-state index contributed by atoms with van der Waals surface area (Å²) in [5, 5.41) is 3.74. The zero-order chi connectivity index (χ0) is 10.3. The summed E-state index contributed by atoms with van der Waals surface area (Å²) in [7, 11) is 0. The van der Waals surface area contributed by atoms with Crippen LogP contribution in [0.2, 0.25) is 0 Å². The van der Waals surface area contributed by atoms with Crippen molar-refractivity contribution in [3.63, 3.8) is 0 Å². The van der Waals surface area contributed by atoms with E-state index in [2.05, 4.69) is 5.10 Å². The molecule has 0 amide bonds. The average Bonchev–Trinajstić information content (AvgIpc) is 2.45. The van der Waals surface area contributed by atoms with E-state index >= 15 is 0 Å². The summed E-state index contributed by atoms with van der Waals surface area (Å²) >= 11 is 0. The molecule has 2 rings (SSSR count). The third-order valence-electron chi connectivity index (χ3n) is 1.79. The van der Waals surface area contributed by atoms with Crippen molar-refractivity contribution in [3.05, 3.63) is 24.4 Å². The fourth-order valence-electron chi connectivity index (χ4n) is 1.17. The summed E-state index contributed by atoms with van der Waals surface area (Å²) < 4.78 is 36.6. The van der Waals surface area contributed by atoms with Crippen molar-refractivity contribution in [2.75, 3.05) is 5.73 Å². The highest BCUT2D eigenvalue weighted by Crippen LogP contribution is 2.24. The first-order valence-corrected chi connectivity index (χ1v) is 3.79.